The Balaban J connectivity index is -0.000000101. The van der Waals surface area contributed by atoms with Gasteiger partial charge in [0, 0.05) is 0 Å². The zero-order valence-electron chi connectivity index (χ0n) is 6.57. The SMILES string of the molecule is [C-]1=CC=CC1.[CH3-].[CH3-].[Cl][Zr]([Cl])[Cl]. The van der Waals surface area contributed by atoms with Gasteiger partial charge < -0.3 is 14.9 Å². The number of rotatable bonds is 0. The molecule has 0 aliphatic heterocycles. The number of hydrogen-bond acceptors (Lipinski definition) is 0. The second-order valence-electron chi connectivity index (χ2n) is 1.22. The van der Waals surface area contributed by atoms with Crippen LogP contribution in [-0.2, 0) is 18.2 Å². The summed E-state index contributed by atoms with van der Waals surface area (Å²) < 4.78 is 0. The van der Waals surface area contributed by atoms with Crippen molar-refractivity contribution in [3.05, 3.63) is 39.2 Å². The fourth-order valence-electron chi connectivity index (χ4n) is 0.340. The molecule has 1 rings (SSSR count). The van der Waals surface area contributed by atoms with Crippen molar-refractivity contribution in [1.29, 1.82) is 0 Å². The molecule has 0 nitrogen and oxygen atoms in total. The predicted octanol–water partition coefficient (Wildman–Crippen LogP) is 4.27. The molecule has 1 aliphatic carbocycles. The number of halogens is 3. The second kappa shape index (κ2) is 13.8. The molecule has 67 valence electrons. The van der Waals surface area contributed by atoms with Crippen molar-refractivity contribution < 1.29 is 18.2 Å². The van der Waals surface area contributed by atoms with Crippen LogP contribution in [0.5, 0.6) is 0 Å². The van der Waals surface area contributed by atoms with E-state index in [1.165, 1.54) is 0 Å². The Morgan fingerprint density at radius 2 is 1.64 bits per heavy atom. The van der Waals surface area contributed by atoms with Crippen LogP contribution < -0.4 is 0 Å². The van der Waals surface area contributed by atoms with Crippen LogP contribution in [0.1, 0.15) is 6.42 Å². The average Bonchev–Trinajstić information content (AvgIpc) is 2.11. The van der Waals surface area contributed by atoms with Gasteiger partial charge in [-0.15, -0.1) is 6.42 Å². The molecular formula is C7H11Cl3Zr-3. The van der Waals surface area contributed by atoms with Crippen molar-refractivity contribution in [3.8, 4) is 0 Å². The van der Waals surface area contributed by atoms with Gasteiger partial charge in [-0.05, 0) is 0 Å². The topological polar surface area (TPSA) is 0 Å². The first kappa shape index (κ1) is 18.1. The average molecular weight is 293 g/mol. The van der Waals surface area contributed by atoms with Crippen LogP contribution in [0.2, 0.25) is 0 Å². The fourth-order valence-corrected chi connectivity index (χ4v) is 0.340. The third-order valence-corrected chi connectivity index (χ3v) is 0.586. The minimum absolute atomic E-state index is 0. The monoisotopic (exact) mass is 290 g/mol. The van der Waals surface area contributed by atoms with Gasteiger partial charge in [0.2, 0.25) is 0 Å². The van der Waals surface area contributed by atoms with Crippen LogP contribution in [0.3, 0.4) is 0 Å². The van der Waals surface area contributed by atoms with Crippen molar-refractivity contribution in [3.63, 3.8) is 0 Å². The predicted molar refractivity (Wildman–Crippen MR) is 52.0 cm³/mol. The first-order chi connectivity index (χ1) is 4.23. The Morgan fingerprint density at radius 1 is 1.18 bits per heavy atom. The molecule has 0 spiro atoms. The number of hydrogen-bond donors (Lipinski definition) is 0. The normalized spacial score (nSPS) is 10.5. The van der Waals surface area contributed by atoms with Gasteiger partial charge in [-0.25, -0.2) is 12.2 Å². The number of allylic oxidation sites excluding steroid dienone is 4. The molecule has 1 aliphatic rings. The van der Waals surface area contributed by atoms with Gasteiger partial charge in [0.05, 0.1) is 0 Å². The van der Waals surface area contributed by atoms with Crippen molar-refractivity contribution in [2.75, 3.05) is 0 Å². The second-order valence-corrected chi connectivity index (χ2v) is 12.4. The molecule has 0 radical (unpaired) electrons. The summed E-state index contributed by atoms with van der Waals surface area (Å²) in [6, 6.07) is 0. The third-order valence-electron chi connectivity index (χ3n) is 0.586. The first-order valence-corrected chi connectivity index (χ1v) is 11.8. The minimum atomic E-state index is -2.13. The molecule has 0 saturated carbocycles. The fraction of sp³-hybridized carbons (Fsp3) is 0.143. The molecule has 11 heavy (non-hydrogen) atoms. The summed E-state index contributed by atoms with van der Waals surface area (Å²) in [7, 11) is 15.0. The summed E-state index contributed by atoms with van der Waals surface area (Å²) in [6.07, 6.45) is 10.0. The zero-order chi connectivity index (χ0) is 7.11. The Hall–Kier alpha value is 1.23. The quantitative estimate of drug-likeness (QED) is 0.585. The molecule has 0 heterocycles. The van der Waals surface area contributed by atoms with E-state index in [1.807, 2.05) is 12.2 Å². The standard InChI is InChI=1S/C5H5.2CH3.3ClH.Zr/c1-2-4-5-3-1;;;;;;/h1-3H,4H2;2*1H3;3*1H;/q3*-1;;;;+3/p-3. The molecule has 0 amide bonds. The molecule has 0 aromatic heterocycles. The zero-order valence-corrected chi connectivity index (χ0v) is 11.3. The molecule has 0 N–H and O–H groups in total. The molecular weight excluding hydrogens is 282 g/mol. The molecule has 0 atom stereocenters. The van der Waals surface area contributed by atoms with Crippen LogP contribution in [0.15, 0.2) is 18.2 Å². The summed E-state index contributed by atoms with van der Waals surface area (Å²) in [5.41, 5.74) is 0. The van der Waals surface area contributed by atoms with Gasteiger partial charge in [0.1, 0.15) is 0 Å². The van der Waals surface area contributed by atoms with E-state index in [4.69, 9.17) is 25.5 Å². The Morgan fingerprint density at radius 3 is 1.73 bits per heavy atom. The van der Waals surface area contributed by atoms with Gasteiger partial charge in [0.25, 0.3) is 0 Å². The van der Waals surface area contributed by atoms with Crippen molar-refractivity contribution in [1.82, 2.24) is 0 Å². The molecule has 0 unspecified atom stereocenters. The van der Waals surface area contributed by atoms with E-state index in [9.17, 15) is 0 Å². The van der Waals surface area contributed by atoms with Gasteiger partial charge in [0.15, 0.2) is 0 Å². The van der Waals surface area contributed by atoms with Crippen LogP contribution in [-0.4, -0.2) is 0 Å². The molecule has 0 fully saturated rings. The Kier molecular flexibility index (Phi) is 22.7. The summed E-state index contributed by atoms with van der Waals surface area (Å²) in [6.45, 7) is 0. The Bertz CT molecular complexity index is 97.5. The van der Waals surface area contributed by atoms with E-state index in [-0.39, 0.29) is 14.9 Å². The van der Waals surface area contributed by atoms with E-state index < -0.39 is 18.2 Å². The van der Waals surface area contributed by atoms with E-state index in [0.29, 0.717) is 0 Å². The van der Waals surface area contributed by atoms with Gasteiger partial charge in [-0.3, -0.25) is 6.08 Å². The first-order valence-electron chi connectivity index (χ1n) is 2.28. The van der Waals surface area contributed by atoms with E-state index >= 15 is 0 Å². The maximum absolute atomic E-state index is 5.00. The van der Waals surface area contributed by atoms with Crippen LogP contribution in [0, 0.1) is 20.9 Å². The molecule has 0 aromatic rings. The summed E-state index contributed by atoms with van der Waals surface area (Å²) in [5.74, 6) is 0. The van der Waals surface area contributed by atoms with Crippen molar-refractivity contribution in [2.45, 2.75) is 6.42 Å². The van der Waals surface area contributed by atoms with Crippen LogP contribution in [0.25, 0.3) is 0 Å². The summed E-state index contributed by atoms with van der Waals surface area (Å²) in [5, 5.41) is 0. The molecule has 0 saturated heterocycles. The van der Waals surface area contributed by atoms with E-state index in [1.54, 1.807) is 0 Å². The third kappa shape index (κ3) is 24.6. The summed E-state index contributed by atoms with van der Waals surface area (Å²) >= 11 is -2.13. The van der Waals surface area contributed by atoms with Crippen LogP contribution >= 0.6 is 25.5 Å². The Labute approximate surface area is 88.5 Å². The van der Waals surface area contributed by atoms with E-state index in [2.05, 4.69) is 12.2 Å². The maximum atomic E-state index is 5.00. The molecule has 0 aromatic carbocycles. The van der Waals surface area contributed by atoms with Gasteiger partial charge >= 0.3 is 43.7 Å². The van der Waals surface area contributed by atoms with E-state index in [0.717, 1.165) is 6.42 Å². The van der Waals surface area contributed by atoms with Gasteiger partial charge in [-0.2, -0.15) is 6.08 Å². The van der Waals surface area contributed by atoms with Gasteiger partial charge in [-0.1, -0.05) is 0 Å². The molecule has 4 heteroatoms. The van der Waals surface area contributed by atoms with Crippen molar-refractivity contribution >= 4 is 25.5 Å². The van der Waals surface area contributed by atoms with Crippen LogP contribution in [0.4, 0.5) is 0 Å². The van der Waals surface area contributed by atoms with Crippen molar-refractivity contribution in [2.24, 2.45) is 0 Å². The molecule has 0 bridgehead atoms. The summed E-state index contributed by atoms with van der Waals surface area (Å²) in [4.78, 5) is 0.